The number of hydrogen-bond acceptors (Lipinski definition) is 7. The summed E-state index contributed by atoms with van der Waals surface area (Å²) in [4.78, 5) is 5.45. The van der Waals surface area contributed by atoms with Crippen LogP contribution in [-0.4, -0.2) is 21.8 Å². The molecule has 2 aliphatic rings. The van der Waals surface area contributed by atoms with Gasteiger partial charge in [-0.2, -0.15) is 0 Å². The molecule has 4 aromatic rings. The van der Waals surface area contributed by atoms with Crippen LogP contribution in [0.2, 0.25) is 5.02 Å². The van der Waals surface area contributed by atoms with Crippen molar-refractivity contribution in [1.29, 1.82) is 0 Å². The summed E-state index contributed by atoms with van der Waals surface area (Å²) in [6.45, 7) is 5.67. The van der Waals surface area contributed by atoms with Crippen LogP contribution in [0, 0.1) is 0 Å². The molecule has 0 spiro atoms. The van der Waals surface area contributed by atoms with Crippen molar-refractivity contribution in [2.45, 2.75) is 51.4 Å². The molecule has 0 fully saturated rings. The van der Waals surface area contributed by atoms with Crippen LogP contribution in [-0.2, 0) is 25.0 Å². The molecule has 1 aromatic carbocycles. The zero-order valence-electron chi connectivity index (χ0n) is 18.4. The van der Waals surface area contributed by atoms with Gasteiger partial charge in [0.2, 0.25) is 0 Å². The van der Waals surface area contributed by atoms with Crippen LogP contribution in [0.15, 0.2) is 35.0 Å². The lowest BCUT2D eigenvalue weighted by molar-refractivity contribution is 0.0792. The molecule has 2 N–H and O–H groups in total. The Hall–Kier alpha value is -2.45. The lowest BCUT2D eigenvalue weighted by Crippen LogP contribution is -2.31. The van der Waals surface area contributed by atoms with Crippen LogP contribution < -0.4 is 10.1 Å². The van der Waals surface area contributed by atoms with E-state index in [1.807, 2.05) is 31.2 Å². The molecule has 6 rings (SSSR count). The molecule has 0 radical (unpaired) electrons. The SMILES string of the molecule is CCC(O)c1cc2nccc(-c3cc(Cl)cc4c3O[C@@](C)(c3onc5c3CNCC5)C4)c2s1. The van der Waals surface area contributed by atoms with E-state index >= 15 is 0 Å². The number of nitrogens with zero attached hydrogens (tertiary/aromatic N) is 2. The lowest BCUT2D eigenvalue weighted by atomic mass is 9.91. The van der Waals surface area contributed by atoms with E-state index in [0.29, 0.717) is 17.9 Å². The molecular weight excluding hydrogens is 458 g/mol. The normalized spacial score (nSPS) is 20.5. The molecule has 33 heavy (non-hydrogen) atoms. The Balaban J connectivity index is 1.47. The predicted octanol–water partition coefficient (Wildman–Crippen LogP) is 5.54. The highest BCUT2D eigenvalue weighted by Gasteiger charge is 2.44. The Bertz CT molecular complexity index is 1380. The van der Waals surface area contributed by atoms with Crippen molar-refractivity contribution >= 4 is 33.2 Å². The van der Waals surface area contributed by atoms with Crippen molar-refractivity contribution in [3.05, 3.63) is 62.9 Å². The number of aromatic nitrogens is 2. The number of pyridine rings is 1. The Kier molecular flexibility index (Phi) is 4.99. The Morgan fingerprint density at radius 1 is 1.30 bits per heavy atom. The Morgan fingerprint density at radius 3 is 3.03 bits per heavy atom. The molecule has 1 unspecified atom stereocenters. The standard InChI is InChI=1S/C25H24ClN3O3S/c1-3-20(30)21-10-19-23(33-21)15(4-7-28-19)16-9-14(26)8-13-11-25(2,31-22(13)16)24-17-12-27-6-5-18(17)29-32-24/h4,7-10,20,27,30H,3,5-6,11-12H2,1-2H3/t20?,25-/m1/s1. The van der Waals surface area contributed by atoms with E-state index in [2.05, 4.69) is 22.4 Å². The van der Waals surface area contributed by atoms with Crippen LogP contribution in [0.5, 0.6) is 5.75 Å². The molecule has 0 bridgehead atoms. The van der Waals surface area contributed by atoms with Gasteiger partial charge < -0.3 is 19.7 Å². The number of fused-ring (bicyclic) bond motifs is 3. The second kappa shape index (κ2) is 7.81. The fraction of sp³-hybridized carbons (Fsp3) is 0.360. The lowest BCUT2D eigenvalue weighted by Gasteiger charge is -2.24. The monoisotopic (exact) mass is 481 g/mol. The van der Waals surface area contributed by atoms with Crippen molar-refractivity contribution in [2.24, 2.45) is 0 Å². The molecule has 8 heteroatoms. The van der Waals surface area contributed by atoms with Crippen molar-refractivity contribution < 1.29 is 14.4 Å². The Labute approximate surface area is 200 Å². The number of aliphatic hydroxyl groups is 1. The third-order valence-electron chi connectivity index (χ3n) is 6.61. The molecule has 0 saturated heterocycles. The van der Waals surface area contributed by atoms with Crippen molar-refractivity contribution in [3.8, 4) is 16.9 Å². The van der Waals surface area contributed by atoms with Gasteiger partial charge in [-0.3, -0.25) is 4.98 Å². The van der Waals surface area contributed by atoms with Crippen LogP contribution >= 0.6 is 22.9 Å². The highest BCUT2D eigenvalue weighted by atomic mass is 35.5. The Morgan fingerprint density at radius 2 is 2.18 bits per heavy atom. The van der Waals surface area contributed by atoms with Gasteiger partial charge in [-0.05, 0) is 37.6 Å². The summed E-state index contributed by atoms with van der Waals surface area (Å²) in [6.07, 6.45) is 3.47. The first kappa shape index (κ1) is 21.1. The van der Waals surface area contributed by atoms with Gasteiger partial charge in [0.05, 0.1) is 22.0 Å². The number of benzene rings is 1. The van der Waals surface area contributed by atoms with Gasteiger partial charge in [0.15, 0.2) is 11.4 Å². The molecular formula is C25H24ClN3O3S. The number of nitrogens with one attached hydrogen (secondary N) is 1. The number of halogens is 1. The number of ether oxygens (including phenoxy) is 1. The minimum Gasteiger partial charge on any atom is -0.478 e. The maximum absolute atomic E-state index is 10.4. The topological polar surface area (TPSA) is 80.4 Å². The van der Waals surface area contributed by atoms with E-state index in [-0.39, 0.29) is 0 Å². The molecule has 0 saturated carbocycles. The van der Waals surface area contributed by atoms with Gasteiger partial charge in [-0.15, -0.1) is 11.3 Å². The molecule has 6 nitrogen and oxygen atoms in total. The maximum atomic E-state index is 10.4. The first-order chi connectivity index (χ1) is 16.0. The molecule has 3 aromatic heterocycles. The van der Waals surface area contributed by atoms with Gasteiger partial charge in [0.25, 0.3) is 0 Å². The number of rotatable bonds is 4. The molecule has 0 aliphatic carbocycles. The summed E-state index contributed by atoms with van der Waals surface area (Å²) in [5.74, 6) is 1.60. The van der Waals surface area contributed by atoms with Gasteiger partial charge in [0.1, 0.15) is 5.75 Å². The summed E-state index contributed by atoms with van der Waals surface area (Å²) in [7, 11) is 0. The molecule has 0 amide bonds. The van der Waals surface area contributed by atoms with Crippen LogP contribution in [0.1, 0.15) is 53.8 Å². The van der Waals surface area contributed by atoms with Crippen molar-refractivity contribution in [2.75, 3.05) is 6.54 Å². The van der Waals surface area contributed by atoms with Gasteiger partial charge >= 0.3 is 0 Å². The highest BCUT2D eigenvalue weighted by Crippen LogP contribution is 2.50. The zero-order chi connectivity index (χ0) is 22.7. The van der Waals surface area contributed by atoms with Crippen molar-refractivity contribution in [3.63, 3.8) is 0 Å². The third-order valence-corrected chi connectivity index (χ3v) is 8.09. The second-order valence-corrected chi connectivity index (χ2v) is 10.5. The van der Waals surface area contributed by atoms with E-state index in [1.54, 1.807) is 17.5 Å². The van der Waals surface area contributed by atoms with Crippen LogP contribution in [0.4, 0.5) is 0 Å². The van der Waals surface area contributed by atoms with E-state index in [4.69, 9.17) is 20.9 Å². The summed E-state index contributed by atoms with van der Waals surface area (Å²) < 4.78 is 13.5. The third kappa shape index (κ3) is 3.37. The summed E-state index contributed by atoms with van der Waals surface area (Å²) >= 11 is 8.16. The zero-order valence-corrected chi connectivity index (χ0v) is 20.0. The first-order valence-corrected chi connectivity index (χ1v) is 12.4. The summed E-state index contributed by atoms with van der Waals surface area (Å²) in [5, 5.41) is 18.8. The number of thiophene rings is 1. The van der Waals surface area contributed by atoms with E-state index < -0.39 is 11.7 Å². The fourth-order valence-electron chi connectivity index (χ4n) is 4.94. The van der Waals surface area contributed by atoms with Gasteiger partial charge in [0, 0.05) is 64.3 Å². The molecule has 170 valence electrons. The smallest absolute Gasteiger partial charge is 0.185 e. The largest absolute Gasteiger partial charge is 0.478 e. The van der Waals surface area contributed by atoms with E-state index in [0.717, 1.165) is 74.1 Å². The predicted molar refractivity (Wildman–Crippen MR) is 129 cm³/mol. The quantitative estimate of drug-likeness (QED) is 0.398. The minimum atomic E-state index is -0.660. The van der Waals surface area contributed by atoms with Crippen LogP contribution in [0.25, 0.3) is 21.3 Å². The van der Waals surface area contributed by atoms with Crippen molar-refractivity contribution in [1.82, 2.24) is 15.5 Å². The maximum Gasteiger partial charge on any atom is 0.185 e. The van der Waals surface area contributed by atoms with E-state index in [9.17, 15) is 5.11 Å². The average Bonchev–Trinajstić information content (AvgIpc) is 3.52. The number of hydrogen-bond donors (Lipinski definition) is 2. The first-order valence-electron chi connectivity index (χ1n) is 11.2. The average molecular weight is 482 g/mol. The van der Waals surface area contributed by atoms with Gasteiger partial charge in [-0.1, -0.05) is 23.7 Å². The molecule has 2 aliphatic heterocycles. The van der Waals surface area contributed by atoms with Gasteiger partial charge in [-0.25, -0.2) is 0 Å². The second-order valence-electron chi connectivity index (χ2n) is 8.96. The summed E-state index contributed by atoms with van der Waals surface area (Å²) in [5.41, 5.74) is 5.30. The van der Waals surface area contributed by atoms with Crippen LogP contribution in [0.3, 0.4) is 0 Å². The minimum absolute atomic E-state index is 0.493. The molecule has 5 heterocycles. The highest BCUT2D eigenvalue weighted by molar-refractivity contribution is 7.19. The molecule has 2 atom stereocenters. The fourth-order valence-corrected chi connectivity index (χ4v) is 6.40. The summed E-state index contributed by atoms with van der Waals surface area (Å²) in [6, 6.07) is 7.90. The number of aliphatic hydroxyl groups excluding tert-OH is 1. The van der Waals surface area contributed by atoms with E-state index in [1.165, 1.54) is 0 Å².